The highest BCUT2D eigenvalue weighted by molar-refractivity contribution is 5.97. The molecule has 1 aromatic heterocycles. The monoisotopic (exact) mass is 343 g/mol. The minimum atomic E-state index is -0.717. The molecule has 1 saturated carbocycles. The average molecular weight is 343 g/mol. The Kier molecular flexibility index (Phi) is 4.54. The van der Waals surface area contributed by atoms with Crippen LogP contribution in [0.1, 0.15) is 56.8 Å². The van der Waals surface area contributed by atoms with Crippen LogP contribution in [0.15, 0.2) is 27.8 Å². The summed E-state index contributed by atoms with van der Waals surface area (Å²) >= 11 is 0. The van der Waals surface area contributed by atoms with Crippen molar-refractivity contribution in [1.82, 2.24) is 15.3 Å². The highest BCUT2D eigenvalue weighted by Crippen LogP contribution is 2.38. The topological polar surface area (TPSA) is 94.8 Å². The molecule has 0 unspecified atom stereocenters. The van der Waals surface area contributed by atoms with Crippen LogP contribution in [-0.4, -0.2) is 21.9 Å². The van der Waals surface area contributed by atoms with Gasteiger partial charge in [0.2, 0.25) is 0 Å². The van der Waals surface area contributed by atoms with E-state index in [0.29, 0.717) is 22.5 Å². The molecule has 0 radical (unpaired) electrons. The number of aromatic nitrogens is 2. The van der Waals surface area contributed by atoms with E-state index in [4.69, 9.17) is 0 Å². The molecule has 1 aliphatic carbocycles. The molecule has 1 aromatic carbocycles. The Bertz CT molecular complexity index is 904. The molecular weight excluding hydrogens is 318 g/mol. The molecular formula is C19H25N3O3. The summed E-state index contributed by atoms with van der Waals surface area (Å²) in [6.07, 6.45) is 4.45. The number of H-pyrrole nitrogens is 2. The van der Waals surface area contributed by atoms with Crippen LogP contribution >= 0.6 is 0 Å². The quantitative estimate of drug-likeness (QED) is 0.731. The van der Waals surface area contributed by atoms with Crippen LogP contribution < -0.4 is 16.4 Å². The average Bonchev–Trinajstić information content (AvgIpc) is 2.55. The largest absolute Gasteiger partial charge is 0.349 e. The summed E-state index contributed by atoms with van der Waals surface area (Å²) in [5, 5.41) is 3.18. The summed E-state index contributed by atoms with van der Waals surface area (Å²) in [5.41, 5.74) is 0.171. The second-order valence-corrected chi connectivity index (χ2v) is 8.01. The number of benzene rings is 1. The fraction of sp³-hybridized carbons (Fsp3) is 0.526. The van der Waals surface area contributed by atoms with Crippen LogP contribution in [-0.2, 0) is 0 Å². The predicted octanol–water partition coefficient (Wildman–Crippen LogP) is 2.55. The molecule has 0 spiro atoms. The summed E-state index contributed by atoms with van der Waals surface area (Å²) in [5.74, 6) is 0.303. The van der Waals surface area contributed by atoms with E-state index in [-0.39, 0.29) is 17.4 Å². The minimum absolute atomic E-state index is 0.143. The summed E-state index contributed by atoms with van der Waals surface area (Å²) < 4.78 is 0. The second kappa shape index (κ2) is 6.50. The lowest BCUT2D eigenvalue weighted by atomic mass is 9.69. The van der Waals surface area contributed by atoms with E-state index in [0.717, 1.165) is 19.3 Å². The molecule has 1 amide bonds. The van der Waals surface area contributed by atoms with Crippen LogP contribution in [0.2, 0.25) is 0 Å². The van der Waals surface area contributed by atoms with Crippen molar-refractivity contribution in [1.29, 1.82) is 0 Å². The number of nitrogens with one attached hydrogen (secondary N) is 3. The Hall–Kier alpha value is -2.37. The summed E-state index contributed by atoms with van der Waals surface area (Å²) in [7, 11) is 0. The third kappa shape index (κ3) is 3.67. The van der Waals surface area contributed by atoms with Gasteiger partial charge in [-0.15, -0.1) is 0 Å². The van der Waals surface area contributed by atoms with Crippen molar-refractivity contribution in [3.63, 3.8) is 0 Å². The van der Waals surface area contributed by atoms with Crippen LogP contribution in [0.5, 0.6) is 0 Å². The Labute approximate surface area is 146 Å². The maximum atomic E-state index is 12.7. The Morgan fingerprint density at radius 1 is 1.04 bits per heavy atom. The SMILES string of the molecule is CC(C)(C)[C@H]1CCCC[C@@H]1NC(=O)c1ccc2[nH]c(=O)c(=O)[nH]c2c1. The molecule has 1 fully saturated rings. The van der Waals surface area contributed by atoms with Gasteiger partial charge in [-0.25, -0.2) is 0 Å². The first-order valence-corrected chi connectivity index (χ1v) is 8.83. The smallest absolute Gasteiger partial charge is 0.314 e. The normalized spacial score (nSPS) is 21.2. The van der Waals surface area contributed by atoms with Gasteiger partial charge in [-0.1, -0.05) is 33.6 Å². The summed E-state index contributed by atoms with van der Waals surface area (Å²) in [6, 6.07) is 5.08. The predicted molar refractivity (Wildman–Crippen MR) is 97.9 cm³/mol. The van der Waals surface area contributed by atoms with E-state index in [9.17, 15) is 14.4 Å². The minimum Gasteiger partial charge on any atom is -0.349 e. The van der Waals surface area contributed by atoms with Gasteiger partial charge in [0, 0.05) is 11.6 Å². The molecule has 1 aliphatic rings. The molecule has 0 saturated heterocycles. The number of hydrogen-bond donors (Lipinski definition) is 3. The zero-order valence-electron chi connectivity index (χ0n) is 14.9. The first-order valence-electron chi connectivity index (χ1n) is 8.83. The van der Waals surface area contributed by atoms with E-state index < -0.39 is 11.1 Å². The number of fused-ring (bicyclic) bond motifs is 1. The molecule has 6 heteroatoms. The van der Waals surface area contributed by atoms with E-state index in [1.165, 1.54) is 6.42 Å². The molecule has 6 nitrogen and oxygen atoms in total. The summed E-state index contributed by atoms with van der Waals surface area (Å²) in [4.78, 5) is 40.6. The Balaban J connectivity index is 1.85. The first-order chi connectivity index (χ1) is 11.8. The molecule has 134 valence electrons. The lowest BCUT2D eigenvalue weighted by molar-refractivity contribution is 0.0830. The van der Waals surface area contributed by atoms with Gasteiger partial charge >= 0.3 is 11.1 Å². The lowest BCUT2D eigenvalue weighted by Crippen LogP contribution is -2.46. The van der Waals surface area contributed by atoms with Gasteiger partial charge in [-0.3, -0.25) is 14.4 Å². The zero-order chi connectivity index (χ0) is 18.2. The van der Waals surface area contributed by atoms with E-state index in [1.54, 1.807) is 18.2 Å². The first kappa shape index (κ1) is 17.5. The molecule has 2 atom stereocenters. The third-order valence-corrected chi connectivity index (χ3v) is 5.18. The Morgan fingerprint density at radius 2 is 1.68 bits per heavy atom. The van der Waals surface area contributed by atoms with Crippen molar-refractivity contribution < 1.29 is 4.79 Å². The van der Waals surface area contributed by atoms with E-state index >= 15 is 0 Å². The van der Waals surface area contributed by atoms with Crippen molar-refractivity contribution in [2.45, 2.75) is 52.5 Å². The van der Waals surface area contributed by atoms with Gasteiger partial charge in [0.05, 0.1) is 11.0 Å². The van der Waals surface area contributed by atoms with Crippen molar-refractivity contribution in [3.8, 4) is 0 Å². The van der Waals surface area contributed by atoms with Crippen molar-refractivity contribution in [2.24, 2.45) is 11.3 Å². The van der Waals surface area contributed by atoms with Crippen LogP contribution in [0.25, 0.3) is 11.0 Å². The van der Waals surface area contributed by atoms with Gasteiger partial charge in [0.1, 0.15) is 0 Å². The van der Waals surface area contributed by atoms with Gasteiger partial charge in [0.25, 0.3) is 5.91 Å². The van der Waals surface area contributed by atoms with Crippen LogP contribution in [0.3, 0.4) is 0 Å². The summed E-state index contributed by atoms with van der Waals surface area (Å²) in [6.45, 7) is 6.66. The fourth-order valence-electron chi connectivity index (χ4n) is 3.85. The van der Waals surface area contributed by atoms with Gasteiger partial charge < -0.3 is 15.3 Å². The van der Waals surface area contributed by atoms with Crippen LogP contribution in [0.4, 0.5) is 0 Å². The maximum Gasteiger partial charge on any atom is 0.314 e. The fourth-order valence-corrected chi connectivity index (χ4v) is 3.85. The van der Waals surface area contributed by atoms with Gasteiger partial charge in [0.15, 0.2) is 0 Å². The highest BCUT2D eigenvalue weighted by atomic mass is 16.2. The number of amides is 1. The van der Waals surface area contributed by atoms with Gasteiger partial charge in [-0.05, 0) is 42.4 Å². The van der Waals surface area contributed by atoms with Gasteiger partial charge in [-0.2, -0.15) is 0 Å². The lowest BCUT2D eigenvalue weighted by Gasteiger charge is -2.40. The standard InChI is InChI=1S/C19H25N3O3/c1-19(2,3)12-6-4-5-7-13(12)20-16(23)11-8-9-14-15(10-11)22-18(25)17(24)21-14/h8-10,12-13H,4-7H2,1-3H3,(H,20,23)(H,21,24)(H,22,25)/t12-,13-/m0/s1. The molecule has 0 aliphatic heterocycles. The van der Waals surface area contributed by atoms with E-state index in [2.05, 4.69) is 36.1 Å². The number of carbonyl (C=O) groups is 1. The van der Waals surface area contributed by atoms with Crippen molar-refractivity contribution in [3.05, 3.63) is 44.5 Å². The Morgan fingerprint density at radius 3 is 2.36 bits per heavy atom. The van der Waals surface area contributed by atoms with Crippen molar-refractivity contribution >= 4 is 16.9 Å². The molecule has 25 heavy (non-hydrogen) atoms. The number of aromatic amines is 2. The molecule has 0 bridgehead atoms. The molecule has 1 heterocycles. The van der Waals surface area contributed by atoms with E-state index in [1.807, 2.05) is 0 Å². The second-order valence-electron chi connectivity index (χ2n) is 8.01. The third-order valence-electron chi connectivity index (χ3n) is 5.18. The van der Waals surface area contributed by atoms with Crippen LogP contribution in [0, 0.1) is 11.3 Å². The zero-order valence-corrected chi connectivity index (χ0v) is 14.9. The number of rotatable bonds is 2. The molecule has 3 rings (SSSR count). The molecule has 3 N–H and O–H groups in total. The maximum absolute atomic E-state index is 12.7. The number of hydrogen-bond acceptors (Lipinski definition) is 3. The molecule has 2 aromatic rings. The highest BCUT2D eigenvalue weighted by Gasteiger charge is 2.35. The number of carbonyl (C=O) groups excluding carboxylic acids is 1. The van der Waals surface area contributed by atoms with Crippen molar-refractivity contribution in [2.75, 3.05) is 0 Å².